The highest BCUT2D eigenvalue weighted by atomic mass is 32.2. The lowest BCUT2D eigenvalue weighted by Crippen LogP contribution is -2.50. The fraction of sp³-hybridized carbons (Fsp3) is 0.933. The van der Waals surface area contributed by atoms with Crippen LogP contribution in [-0.4, -0.2) is 73.1 Å². The van der Waals surface area contributed by atoms with Crippen LogP contribution in [0.5, 0.6) is 0 Å². The first-order valence-corrected chi connectivity index (χ1v) is 8.78. The largest absolute Gasteiger partial charge is 0.355 e. The van der Waals surface area contributed by atoms with Gasteiger partial charge in [-0.15, -0.1) is 0 Å². The molecule has 0 aromatic carbocycles. The predicted molar refractivity (Wildman–Crippen MR) is 91.8 cm³/mol. The van der Waals surface area contributed by atoms with E-state index >= 15 is 0 Å². The Hall–Kier alpha value is -0.420. The van der Waals surface area contributed by atoms with Crippen molar-refractivity contribution in [3.63, 3.8) is 0 Å². The maximum Gasteiger partial charge on any atom is 0.193 e. The van der Waals surface area contributed by atoms with Crippen LogP contribution in [0.4, 0.5) is 0 Å². The van der Waals surface area contributed by atoms with Crippen LogP contribution in [0.1, 0.15) is 27.7 Å². The number of guanidine groups is 1. The molecule has 0 bridgehead atoms. The number of hydrogen-bond donors (Lipinski definition) is 1. The van der Waals surface area contributed by atoms with Gasteiger partial charge in [0.05, 0.1) is 0 Å². The molecule has 4 nitrogen and oxygen atoms in total. The van der Waals surface area contributed by atoms with Gasteiger partial charge in [-0.2, -0.15) is 11.8 Å². The Balaban J connectivity index is 2.42. The van der Waals surface area contributed by atoms with Crippen LogP contribution >= 0.6 is 11.8 Å². The van der Waals surface area contributed by atoms with E-state index < -0.39 is 0 Å². The van der Waals surface area contributed by atoms with Crippen molar-refractivity contribution < 1.29 is 0 Å². The van der Waals surface area contributed by atoms with E-state index in [9.17, 15) is 0 Å². The third kappa shape index (κ3) is 5.52. The maximum atomic E-state index is 4.45. The van der Waals surface area contributed by atoms with Crippen molar-refractivity contribution in [3.8, 4) is 0 Å². The molecule has 1 saturated heterocycles. The van der Waals surface area contributed by atoms with Crippen molar-refractivity contribution in [3.05, 3.63) is 0 Å². The van der Waals surface area contributed by atoms with Gasteiger partial charge in [0, 0.05) is 50.3 Å². The van der Waals surface area contributed by atoms with E-state index in [1.807, 2.05) is 7.05 Å². The van der Waals surface area contributed by atoms with Crippen LogP contribution in [0.15, 0.2) is 4.99 Å². The molecule has 1 fully saturated rings. The van der Waals surface area contributed by atoms with Gasteiger partial charge >= 0.3 is 0 Å². The number of hydrogen-bond acceptors (Lipinski definition) is 3. The standard InChI is InChI=1S/C15H32N4S/c1-12(2)14-11-19(9-10-20-14)15(16-5)17-7-8-18(6)13(3)4/h12-14H,7-11H2,1-6H3,(H,16,17). The molecule has 5 heteroatoms. The van der Waals surface area contributed by atoms with Crippen molar-refractivity contribution in [2.45, 2.75) is 39.0 Å². The minimum absolute atomic E-state index is 0.593. The van der Waals surface area contributed by atoms with E-state index in [0.717, 1.165) is 43.3 Å². The third-order valence-electron chi connectivity index (χ3n) is 3.98. The van der Waals surface area contributed by atoms with Crippen molar-refractivity contribution in [2.24, 2.45) is 10.9 Å². The van der Waals surface area contributed by atoms with Crippen molar-refractivity contribution in [2.75, 3.05) is 46.0 Å². The summed E-state index contributed by atoms with van der Waals surface area (Å²) in [6.45, 7) is 13.3. The highest BCUT2D eigenvalue weighted by molar-refractivity contribution is 8.00. The minimum Gasteiger partial charge on any atom is -0.355 e. The van der Waals surface area contributed by atoms with Crippen LogP contribution in [0.3, 0.4) is 0 Å². The highest BCUT2D eigenvalue weighted by Crippen LogP contribution is 2.24. The lowest BCUT2D eigenvalue weighted by atomic mass is 10.1. The quantitative estimate of drug-likeness (QED) is 0.621. The van der Waals surface area contributed by atoms with E-state index in [0.29, 0.717) is 6.04 Å². The second kappa shape index (κ2) is 8.78. The summed E-state index contributed by atoms with van der Waals surface area (Å²) in [5.41, 5.74) is 0. The average molecular weight is 301 g/mol. The van der Waals surface area contributed by atoms with Gasteiger partial charge in [-0.1, -0.05) is 13.8 Å². The molecule has 118 valence electrons. The molecule has 1 aliphatic heterocycles. The molecular formula is C15H32N4S. The van der Waals surface area contributed by atoms with Crippen LogP contribution in [0, 0.1) is 5.92 Å². The van der Waals surface area contributed by atoms with Crippen molar-refractivity contribution in [1.82, 2.24) is 15.1 Å². The van der Waals surface area contributed by atoms with E-state index in [1.54, 1.807) is 0 Å². The zero-order chi connectivity index (χ0) is 15.1. The summed E-state index contributed by atoms with van der Waals surface area (Å²) in [5, 5.41) is 4.23. The second-order valence-electron chi connectivity index (χ2n) is 6.15. The van der Waals surface area contributed by atoms with Gasteiger partial charge in [0.25, 0.3) is 0 Å². The fourth-order valence-corrected chi connectivity index (χ4v) is 3.50. The van der Waals surface area contributed by atoms with Crippen molar-refractivity contribution in [1.29, 1.82) is 0 Å². The number of likely N-dealkylation sites (N-methyl/N-ethyl adjacent to an activating group) is 1. The van der Waals surface area contributed by atoms with Gasteiger partial charge in [-0.05, 0) is 26.8 Å². The molecule has 1 rings (SSSR count). The van der Waals surface area contributed by atoms with Gasteiger partial charge in [0.15, 0.2) is 5.96 Å². The summed E-state index contributed by atoms with van der Waals surface area (Å²) in [5.74, 6) is 3.00. The topological polar surface area (TPSA) is 30.9 Å². The van der Waals surface area contributed by atoms with E-state index in [2.05, 4.69) is 66.6 Å². The van der Waals surface area contributed by atoms with E-state index in [-0.39, 0.29) is 0 Å². The summed E-state index contributed by atoms with van der Waals surface area (Å²) in [6.07, 6.45) is 0. The smallest absolute Gasteiger partial charge is 0.193 e. The molecule has 1 atom stereocenters. The Kier molecular flexibility index (Phi) is 7.74. The molecule has 1 aliphatic rings. The van der Waals surface area contributed by atoms with Gasteiger partial charge < -0.3 is 15.1 Å². The summed E-state index contributed by atoms with van der Waals surface area (Å²) in [4.78, 5) is 9.21. The SMILES string of the molecule is CN=C(NCCN(C)C(C)C)N1CCSC(C(C)C)C1. The van der Waals surface area contributed by atoms with E-state index in [4.69, 9.17) is 0 Å². The third-order valence-corrected chi connectivity index (χ3v) is 5.52. The molecule has 0 spiro atoms. The number of rotatable bonds is 5. The Labute approximate surface area is 129 Å². The number of aliphatic imine (C=N–C) groups is 1. The molecule has 1 N–H and O–H groups in total. The van der Waals surface area contributed by atoms with Gasteiger partial charge in [0.1, 0.15) is 0 Å². The molecule has 0 saturated carbocycles. The predicted octanol–water partition coefficient (Wildman–Crippen LogP) is 1.98. The average Bonchev–Trinajstić information content (AvgIpc) is 2.43. The summed E-state index contributed by atoms with van der Waals surface area (Å²) >= 11 is 2.10. The molecule has 0 aromatic heterocycles. The monoisotopic (exact) mass is 300 g/mol. The Morgan fingerprint density at radius 2 is 2.10 bits per heavy atom. The molecule has 0 radical (unpaired) electrons. The first-order valence-electron chi connectivity index (χ1n) is 7.73. The number of nitrogens with one attached hydrogen (secondary N) is 1. The van der Waals surface area contributed by atoms with Crippen molar-refractivity contribution >= 4 is 17.7 Å². The molecule has 0 aromatic rings. The first-order chi connectivity index (χ1) is 9.45. The van der Waals surface area contributed by atoms with E-state index in [1.165, 1.54) is 5.75 Å². The molecule has 0 amide bonds. The fourth-order valence-electron chi connectivity index (χ4n) is 2.21. The Morgan fingerprint density at radius 3 is 2.65 bits per heavy atom. The molecule has 0 aliphatic carbocycles. The molecule has 20 heavy (non-hydrogen) atoms. The number of nitrogens with zero attached hydrogens (tertiary/aromatic N) is 3. The van der Waals surface area contributed by atoms with Crippen LogP contribution in [-0.2, 0) is 0 Å². The highest BCUT2D eigenvalue weighted by Gasteiger charge is 2.24. The van der Waals surface area contributed by atoms with Crippen LogP contribution < -0.4 is 5.32 Å². The first kappa shape index (κ1) is 17.6. The number of thioether (sulfide) groups is 1. The molecular weight excluding hydrogens is 268 g/mol. The Bertz CT molecular complexity index is 304. The molecule has 1 heterocycles. The van der Waals surface area contributed by atoms with Crippen LogP contribution in [0.2, 0.25) is 0 Å². The molecule has 1 unspecified atom stereocenters. The normalized spacial score (nSPS) is 21.1. The zero-order valence-electron chi connectivity index (χ0n) is 14.0. The van der Waals surface area contributed by atoms with Gasteiger partial charge in [-0.3, -0.25) is 4.99 Å². The maximum absolute atomic E-state index is 4.45. The summed E-state index contributed by atoms with van der Waals surface area (Å²) in [7, 11) is 4.06. The lowest BCUT2D eigenvalue weighted by molar-refractivity contribution is 0.276. The lowest BCUT2D eigenvalue weighted by Gasteiger charge is -2.36. The Morgan fingerprint density at radius 1 is 1.40 bits per heavy atom. The summed E-state index contributed by atoms with van der Waals surface area (Å²) < 4.78 is 0. The minimum atomic E-state index is 0.593. The zero-order valence-corrected chi connectivity index (χ0v) is 14.8. The van der Waals surface area contributed by atoms with Gasteiger partial charge in [-0.25, -0.2) is 0 Å². The summed E-state index contributed by atoms with van der Waals surface area (Å²) in [6, 6.07) is 0.593. The second-order valence-corrected chi connectivity index (χ2v) is 7.49. The van der Waals surface area contributed by atoms with Crippen LogP contribution in [0.25, 0.3) is 0 Å². The van der Waals surface area contributed by atoms with Gasteiger partial charge in [0.2, 0.25) is 0 Å².